The molecule has 0 aliphatic carbocycles. The lowest BCUT2D eigenvalue weighted by atomic mass is 10.1. The van der Waals surface area contributed by atoms with E-state index in [9.17, 15) is 19.5 Å². The molecule has 7 nitrogen and oxygen atoms in total. The van der Waals surface area contributed by atoms with Gasteiger partial charge in [-0.25, -0.2) is 0 Å². The number of carboxylic acids is 1. The summed E-state index contributed by atoms with van der Waals surface area (Å²) in [6, 6.07) is 13.0. The van der Waals surface area contributed by atoms with Gasteiger partial charge in [-0.05, 0) is 35.9 Å². The van der Waals surface area contributed by atoms with Gasteiger partial charge in [-0.1, -0.05) is 35.9 Å². The number of hydrogen-bond acceptors (Lipinski definition) is 5. The second-order valence-corrected chi connectivity index (χ2v) is 5.73. The molecular weight excluding hydrogens is 372 g/mol. The number of aliphatic carboxylic acids is 1. The summed E-state index contributed by atoms with van der Waals surface area (Å²) in [4.78, 5) is 35.3. The Morgan fingerprint density at radius 2 is 1.78 bits per heavy atom. The fourth-order valence-electron chi connectivity index (χ4n) is 2.11. The zero-order valence-corrected chi connectivity index (χ0v) is 15.1. The minimum atomic E-state index is -1.45. The normalized spacial score (nSPS) is 10.8. The minimum Gasteiger partial charge on any atom is -0.548 e. The van der Waals surface area contributed by atoms with Crippen molar-refractivity contribution in [1.82, 2.24) is 10.6 Å². The molecule has 2 rings (SSSR count). The van der Waals surface area contributed by atoms with E-state index >= 15 is 0 Å². The molecule has 0 aliphatic rings. The first-order chi connectivity index (χ1) is 12.9. The van der Waals surface area contributed by atoms with Gasteiger partial charge in [-0.3, -0.25) is 9.59 Å². The van der Waals surface area contributed by atoms with Crippen LogP contribution < -0.4 is 20.5 Å². The van der Waals surface area contributed by atoms with Gasteiger partial charge >= 0.3 is 0 Å². The highest BCUT2D eigenvalue weighted by molar-refractivity contribution is 6.34. The third-order valence-corrected chi connectivity index (χ3v) is 3.76. The number of amides is 2. The molecular formula is C19H16ClN2O5-. The molecule has 0 aliphatic heterocycles. The molecule has 0 atom stereocenters. The van der Waals surface area contributed by atoms with Crippen LogP contribution in [0.5, 0.6) is 5.75 Å². The number of carbonyl (C=O) groups excluding carboxylic acids is 3. The number of hydrogen-bond donors (Lipinski definition) is 2. The summed E-state index contributed by atoms with van der Waals surface area (Å²) in [7, 11) is 1.52. The molecule has 0 spiro atoms. The number of nitrogens with one attached hydrogen (secondary N) is 2. The Bertz CT molecular complexity index is 878. The highest BCUT2D eigenvalue weighted by atomic mass is 35.5. The number of methoxy groups -OCH3 is 1. The van der Waals surface area contributed by atoms with Crippen molar-refractivity contribution < 1.29 is 24.2 Å². The molecule has 0 saturated heterocycles. The van der Waals surface area contributed by atoms with E-state index in [0.717, 1.165) is 0 Å². The maximum absolute atomic E-state index is 12.4. The van der Waals surface area contributed by atoms with E-state index in [4.69, 9.17) is 16.3 Å². The lowest BCUT2D eigenvalue weighted by Gasteiger charge is -2.12. The summed E-state index contributed by atoms with van der Waals surface area (Å²) in [6.45, 7) is -0.694. The molecule has 2 N–H and O–H groups in total. The summed E-state index contributed by atoms with van der Waals surface area (Å²) < 4.78 is 5.07. The van der Waals surface area contributed by atoms with E-state index in [2.05, 4.69) is 10.6 Å². The Morgan fingerprint density at radius 1 is 1.11 bits per heavy atom. The van der Waals surface area contributed by atoms with Crippen molar-refractivity contribution in [2.45, 2.75) is 0 Å². The molecule has 27 heavy (non-hydrogen) atoms. The molecule has 2 aromatic carbocycles. The smallest absolute Gasteiger partial charge is 0.268 e. The van der Waals surface area contributed by atoms with Crippen LogP contribution in [0.2, 0.25) is 5.02 Å². The van der Waals surface area contributed by atoms with Crippen molar-refractivity contribution in [2.24, 2.45) is 0 Å². The third kappa shape index (κ3) is 5.86. The summed E-state index contributed by atoms with van der Waals surface area (Å²) in [5, 5.41) is 15.4. The number of rotatable bonds is 7. The molecule has 140 valence electrons. The van der Waals surface area contributed by atoms with Crippen LogP contribution in [-0.2, 0) is 9.59 Å². The fraction of sp³-hybridized carbons (Fsp3) is 0.105. The van der Waals surface area contributed by atoms with Gasteiger partial charge in [0.05, 0.1) is 30.2 Å². The van der Waals surface area contributed by atoms with Crippen LogP contribution in [0, 0.1) is 0 Å². The van der Waals surface area contributed by atoms with Gasteiger partial charge < -0.3 is 25.3 Å². The second kappa shape index (κ2) is 9.40. The van der Waals surface area contributed by atoms with Gasteiger partial charge in [-0.2, -0.15) is 0 Å². The average molecular weight is 388 g/mol. The first kappa shape index (κ1) is 20.0. The standard InChI is InChI=1S/C19H17ClN2O5/c1-27-13-8-6-12(7-9-13)10-16(19(26)21-11-17(23)24)22-18(25)14-4-2-3-5-15(14)20/h2-10H,11H2,1H3,(H,21,26)(H,22,25)(H,23,24)/p-1/b16-10-. The summed E-state index contributed by atoms with van der Waals surface area (Å²) in [5.41, 5.74) is 0.618. The lowest BCUT2D eigenvalue weighted by Crippen LogP contribution is -2.41. The Balaban J connectivity index is 2.29. The van der Waals surface area contributed by atoms with Crippen molar-refractivity contribution in [3.05, 3.63) is 70.4 Å². The van der Waals surface area contributed by atoms with E-state index in [-0.39, 0.29) is 16.3 Å². The van der Waals surface area contributed by atoms with Gasteiger partial charge in [0.1, 0.15) is 11.4 Å². The van der Waals surface area contributed by atoms with Crippen molar-refractivity contribution in [3.63, 3.8) is 0 Å². The molecule has 8 heteroatoms. The molecule has 2 amide bonds. The van der Waals surface area contributed by atoms with Gasteiger partial charge in [0, 0.05) is 0 Å². The number of carbonyl (C=O) groups is 3. The van der Waals surface area contributed by atoms with Crippen LogP contribution in [0.1, 0.15) is 15.9 Å². The number of ether oxygens (including phenoxy) is 1. The molecule has 0 radical (unpaired) electrons. The Morgan fingerprint density at radius 3 is 2.37 bits per heavy atom. The summed E-state index contributed by atoms with van der Waals surface area (Å²) >= 11 is 6.00. The highest BCUT2D eigenvalue weighted by Gasteiger charge is 2.16. The van der Waals surface area contributed by atoms with E-state index in [1.165, 1.54) is 19.3 Å². The Kier molecular flexibility index (Phi) is 6.96. The quantitative estimate of drug-likeness (QED) is 0.689. The van der Waals surface area contributed by atoms with Crippen molar-refractivity contribution >= 4 is 35.5 Å². The number of benzene rings is 2. The van der Waals surface area contributed by atoms with Gasteiger partial charge in [0.25, 0.3) is 11.8 Å². The largest absolute Gasteiger partial charge is 0.548 e. The first-order valence-corrected chi connectivity index (χ1v) is 8.18. The van der Waals surface area contributed by atoms with Gasteiger partial charge in [0.2, 0.25) is 0 Å². The SMILES string of the molecule is COc1ccc(/C=C(\NC(=O)c2ccccc2Cl)C(=O)NCC(=O)[O-])cc1. The molecule has 0 heterocycles. The fourth-order valence-corrected chi connectivity index (χ4v) is 2.33. The van der Waals surface area contributed by atoms with E-state index in [1.807, 2.05) is 0 Å². The van der Waals surface area contributed by atoms with E-state index in [1.54, 1.807) is 42.5 Å². The predicted molar refractivity (Wildman–Crippen MR) is 97.9 cm³/mol. The molecule has 0 aromatic heterocycles. The van der Waals surface area contributed by atoms with Crippen molar-refractivity contribution in [1.29, 1.82) is 0 Å². The molecule has 0 saturated carbocycles. The molecule has 0 fully saturated rings. The predicted octanol–water partition coefficient (Wildman–Crippen LogP) is 0.986. The maximum atomic E-state index is 12.4. The Hall–Kier alpha value is -3.32. The summed E-state index contributed by atoms with van der Waals surface area (Å²) in [6.07, 6.45) is 1.40. The topological polar surface area (TPSA) is 108 Å². The van der Waals surface area contributed by atoms with Crippen LogP contribution >= 0.6 is 11.6 Å². The van der Waals surface area contributed by atoms with Crippen LogP contribution in [0.25, 0.3) is 6.08 Å². The zero-order chi connectivity index (χ0) is 19.8. The minimum absolute atomic E-state index is 0.147. The third-order valence-electron chi connectivity index (χ3n) is 3.43. The van der Waals surface area contributed by atoms with Crippen LogP contribution in [0.15, 0.2) is 54.2 Å². The van der Waals surface area contributed by atoms with Crippen LogP contribution in [-0.4, -0.2) is 31.4 Å². The van der Waals surface area contributed by atoms with Gasteiger partial charge in [0.15, 0.2) is 0 Å². The van der Waals surface area contributed by atoms with Crippen LogP contribution in [0.3, 0.4) is 0 Å². The second-order valence-electron chi connectivity index (χ2n) is 5.32. The lowest BCUT2D eigenvalue weighted by molar-refractivity contribution is -0.303. The van der Waals surface area contributed by atoms with Crippen LogP contribution in [0.4, 0.5) is 0 Å². The number of carboxylic acid groups (broad SMARTS) is 1. The molecule has 2 aromatic rings. The maximum Gasteiger partial charge on any atom is 0.268 e. The van der Waals surface area contributed by atoms with E-state index in [0.29, 0.717) is 11.3 Å². The molecule has 0 unspecified atom stereocenters. The molecule has 0 bridgehead atoms. The summed E-state index contributed by atoms with van der Waals surface area (Å²) in [5.74, 6) is -2.22. The van der Waals surface area contributed by atoms with Gasteiger partial charge in [-0.15, -0.1) is 0 Å². The van der Waals surface area contributed by atoms with E-state index < -0.39 is 24.3 Å². The van der Waals surface area contributed by atoms with Crippen molar-refractivity contribution in [3.8, 4) is 5.75 Å². The van der Waals surface area contributed by atoms with Crippen molar-refractivity contribution in [2.75, 3.05) is 13.7 Å². The Labute approximate surface area is 160 Å². The number of halogens is 1. The highest BCUT2D eigenvalue weighted by Crippen LogP contribution is 2.16. The first-order valence-electron chi connectivity index (χ1n) is 7.80. The average Bonchev–Trinajstić information content (AvgIpc) is 2.66. The zero-order valence-electron chi connectivity index (χ0n) is 14.3. The monoisotopic (exact) mass is 387 g/mol.